The summed E-state index contributed by atoms with van der Waals surface area (Å²) in [5.41, 5.74) is 0. The molecule has 0 aliphatic heterocycles. The highest BCUT2D eigenvalue weighted by molar-refractivity contribution is 14.1. The molecule has 0 aromatic rings. The first-order valence-electron chi connectivity index (χ1n) is 2.94. The molecule has 0 radical (unpaired) electrons. The second-order valence-corrected chi connectivity index (χ2v) is 5.68. The molecule has 0 saturated carbocycles. The van der Waals surface area contributed by atoms with E-state index in [-0.39, 0.29) is 10.9 Å². The second-order valence-electron chi connectivity index (χ2n) is 2.27. The molecule has 0 amide bonds. The molecule has 1 nitrogen and oxygen atoms in total. The lowest BCUT2D eigenvalue weighted by molar-refractivity contribution is 0.173. The van der Waals surface area contributed by atoms with Crippen molar-refractivity contribution in [3.8, 4) is 0 Å². The van der Waals surface area contributed by atoms with Crippen LogP contribution >= 0.6 is 54.5 Å². The maximum atomic E-state index is 9.40. The zero-order chi connectivity index (χ0) is 7.72. The molecule has 0 bridgehead atoms. The van der Waals surface area contributed by atoms with E-state index in [9.17, 15) is 5.11 Å². The molecule has 1 unspecified atom stereocenters. The Morgan fingerprint density at radius 2 is 2.20 bits per heavy atom. The van der Waals surface area contributed by atoms with Gasteiger partial charge in [-0.2, -0.15) is 0 Å². The van der Waals surface area contributed by atoms with E-state index in [1.54, 1.807) is 0 Å². The molecule has 10 heavy (non-hydrogen) atoms. The van der Waals surface area contributed by atoms with Crippen molar-refractivity contribution in [2.75, 3.05) is 0 Å². The minimum atomic E-state index is -0.249. The molecule has 0 saturated heterocycles. The maximum Gasteiger partial charge on any atom is 0.0724 e. The third-order valence-electron chi connectivity index (χ3n) is 1.41. The Balaban J connectivity index is 2.71. The SMILES string of the molecule is O[C@H]1CC(Br)C=C(I)[C@@H]1Br. The molecule has 0 aromatic heterocycles. The highest BCUT2D eigenvalue weighted by atomic mass is 127. The number of alkyl halides is 2. The van der Waals surface area contributed by atoms with Crippen LogP contribution in [-0.2, 0) is 0 Å². The summed E-state index contributed by atoms with van der Waals surface area (Å²) in [6.45, 7) is 0. The van der Waals surface area contributed by atoms with Gasteiger partial charge in [0.1, 0.15) is 0 Å². The smallest absolute Gasteiger partial charge is 0.0724 e. The highest BCUT2D eigenvalue weighted by Gasteiger charge is 2.25. The zero-order valence-corrected chi connectivity index (χ0v) is 10.4. The summed E-state index contributed by atoms with van der Waals surface area (Å²) >= 11 is 9.07. The standard InChI is InChI=1S/C6H7Br2IO/c7-3-1-4(9)6(8)5(10)2-3/h1,3,5-6,10H,2H2/t3?,5-,6-/m0/s1. The fraction of sp³-hybridized carbons (Fsp3) is 0.667. The average molecular weight is 382 g/mol. The van der Waals surface area contributed by atoms with Crippen molar-refractivity contribution in [3.05, 3.63) is 9.66 Å². The number of allylic oxidation sites excluding steroid dienone is 1. The van der Waals surface area contributed by atoms with E-state index >= 15 is 0 Å². The van der Waals surface area contributed by atoms with Gasteiger partial charge >= 0.3 is 0 Å². The van der Waals surface area contributed by atoms with Crippen molar-refractivity contribution in [3.63, 3.8) is 0 Å². The Hall–Kier alpha value is 1.39. The molecule has 0 spiro atoms. The van der Waals surface area contributed by atoms with Gasteiger partial charge in [0, 0.05) is 8.41 Å². The van der Waals surface area contributed by atoms with Crippen molar-refractivity contribution < 1.29 is 5.11 Å². The summed E-state index contributed by atoms with van der Waals surface area (Å²) in [4.78, 5) is 0.477. The van der Waals surface area contributed by atoms with E-state index in [4.69, 9.17) is 0 Å². The van der Waals surface area contributed by atoms with Crippen LogP contribution in [0.3, 0.4) is 0 Å². The summed E-state index contributed by atoms with van der Waals surface area (Å²) in [5, 5.41) is 9.40. The van der Waals surface area contributed by atoms with Gasteiger partial charge in [0.05, 0.1) is 10.9 Å². The van der Waals surface area contributed by atoms with E-state index in [2.05, 4.69) is 60.5 Å². The lowest BCUT2D eigenvalue weighted by Gasteiger charge is -2.24. The Morgan fingerprint density at radius 3 is 2.70 bits per heavy atom. The topological polar surface area (TPSA) is 20.2 Å². The van der Waals surface area contributed by atoms with Crippen LogP contribution in [0.2, 0.25) is 0 Å². The van der Waals surface area contributed by atoms with Crippen molar-refractivity contribution in [1.82, 2.24) is 0 Å². The molecule has 4 heteroatoms. The van der Waals surface area contributed by atoms with Crippen molar-refractivity contribution >= 4 is 54.5 Å². The predicted molar refractivity (Wildman–Crippen MR) is 58.2 cm³/mol. The van der Waals surface area contributed by atoms with E-state index in [1.165, 1.54) is 3.58 Å². The van der Waals surface area contributed by atoms with Crippen LogP contribution in [0, 0.1) is 0 Å². The van der Waals surface area contributed by atoms with E-state index in [1.807, 2.05) is 0 Å². The van der Waals surface area contributed by atoms with Gasteiger partial charge in [-0.15, -0.1) is 0 Å². The van der Waals surface area contributed by atoms with E-state index in [0.29, 0.717) is 4.83 Å². The fourth-order valence-electron chi connectivity index (χ4n) is 0.867. The number of hydrogen-bond donors (Lipinski definition) is 1. The molecule has 1 rings (SSSR count). The number of halogens is 3. The van der Waals surface area contributed by atoms with Crippen LogP contribution < -0.4 is 0 Å². The van der Waals surface area contributed by atoms with E-state index in [0.717, 1.165) is 6.42 Å². The van der Waals surface area contributed by atoms with Crippen molar-refractivity contribution in [2.45, 2.75) is 22.2 Å². The van der Waals surface area contributed by atoms with Crippen LogP contribution in [0.4, 0.5) is 0 Å². The molecule has 0 aromatic carbocycles. The molecule has 0 fully saturated rings. The molecule has 1 aliphatic carbocycles. The van der Waals surface area contributed by atoms with Gasteiger partial charge in [-0.05, 0) is 29.0 Å². The largest absolute Gasteiger partial charge is 0.392 e. The molecule has 1 N–H and O–H groups in total. The predicted octanol–water partition coefficient (Wildman–Crippen LogP) is 2.60. The lowest BCUT2D eigenvalue weighted by atomic mass is 10.1. The molecule has 0 heterocycles. The second kappa shape index (κ2) is 3.87. The minimum absolute atomic E-state index is 0.141. The molecule has 3 atom stereocenters. The highest BCUT2D eigenvalue weighted by Crippen LogP contribution is 2.32. The Bertz CT molecular complexity index is 160. The first kappa shape index (κ1) is 9.48. The minimum Gasteiger partial charge on any atom is -0.392 e. The summed E-state index contributed by atoms with van der Waals surface area (Å²) in [6.07, 6.45) is 2.66. The van der Waals surface area contributed by atoms with Crippen LogP contribution in [0.15, 0.2) is 9.66 Å². The maximum absolute atomic E-state index is 9.40. The van der Waals surface area contributed by atoms with Gasteiger partial charge in [-0.1, -0.05) is 37.9 Å². The first-order valence-corrected chi connectivity index (χ1v) is 5.85. The summed E-state index contributed by atoms with van der Waals surface area (Å²) < 4.78 is 1.18. The average Bonchev–Trinajstić information content (AvgIpc) is 1.82. The molecule has 1 aliphatic rings. The Labute approximate surface area is 90.7 Å². The van der Waals surface area contributed by atoms with Crippen LogP contribution in [0.5, 0.6) is 0 Å². The van der Waals surface area contributed by atoms with Gasteiger partial charge in [0.2, 0.25) is 0 Å². The monoisotopic (exact) mass is 380 g/mol. The van der Waals surface area contributed by atoms with Crippen molar-refractivity contribution in [2.24, 2.45) is 0 Å². The van der Waals surface area contributed by atoms with Gasteiger partial charge in [0.15, 0.2) is 0 Å². The molecular weight excluding hydrogens is 375 g/mol. The number of rotatable bonds is 0. The normalized spacial score (nSPS) is 41.2. The molecular formula is C6H7Br2IO. The van der Waals surface area contributed by atoms with Gasteiger partial charge < -0.3 is 5.11 Å². The third-order valence-corrected chi connectivity index (χ3v) is 5.04. The summed E-state index contributed by atoms with van der Waals surface area (Å²) in [7, 11) is 0. The number of aliphatic hydroxyl groups excluding tert-OH is 1. The first-order chi connectivity index (χ1) is 4.61. The van der Waals surface area contributed by atoms with Crippen LogP contribution in [-0.4, -0.2) is 20.9 Å². The summed E-state index contributed by atoms with van der Waals surface area (Å²) in [6, 6.07) is 0. The summed E-state index contributed by atoms with van der Waals surface area (Å²) in [5.74, 6) is 0. The number of hydrogen-bond acceptors (Lipinski definition) is 1. The fourth-order valence-corrected chi connectivity index (χ4v) is 3.25. The molecule has 58 valence electrons. The van der Waals surface area contributed by atoms with Crippen LogP contribution in [0.1, 0.15) is 6.42 Å². The van der Waals surface area contributed by atoms with E-state index < -0.39 is 0 Å². The van der Waals surface area contributed by atoms with Crippen LogP contribution in [0.25, 0.3) is 0 Å². The van der Waals surface area contributed by atoms with Gasteiger partial charge in [0.25, 0.3) is 0 Å². The Kier molecular flexibility index (Phi) is 3.67. The third kappa shape index (κ3) is 2.19. The Morgan fingerprint density at radius 1 is 1.60 bits per heavy atom. The zero-order valence-electron chi connectivity index (χ0n) is 5.10. The number of aliphatic hydroxyl groups is 1. The quantitative estimate of drug-likeness (QED) is 0.505. The van der Waals surface area contributed by atoms with Crippen molar-refractivity contribution in [1.29, 1.82) is 0 Å². The lowest BCUT2D eigenvalue weighted by Crippen LogP contribution is -2.27. The van der Waals surface area contributed by atoms with Gasteiger partial charge in [-0.25, -0.2) is 0 Å². The van der Waals surface area contributed by atoms with Gasteiger partial charge in [-0.3, -0.25) is 0 Å².